The number of fused-ring (bicyclic) bond motifs is 7. The summed E-state index contributed by atoms with van der Waals surface area (Å²) in [6.07, 6.45) is 7.95. The molecule has 270 valence electrons. The monoisotopic (exact) mass is 738 g/mol. The van der Waals surface area contributed by atoms with Gasteiger partial charge in [-0.1, -0.05) is 122 Å². The second kappa shape index (κ2) is 12.3. The van der Waals surface area contributed by atoms with Gasteiger partial charge in [0, 0.05) is 59.0 Å². The van der Waals surface area contributed by atoms with Crippen molar-refractivity contribution in [2.75, 3.05) is 4.90 Å². The Balaban J connectivity index is 0.998. The molecule has 7 aromatic carbocycles. The zero-order valence-electron chi connectivity index (χ0n) is 31.5. The highest BCUT2D eigenvalue weighted by Gasteiger charge is 2.53. The zero-order chi connectivity index (χ0) is 37.0. The number of para-hydroxylation sites is 3. The summed E-state index contributed by atoms with van der Waals surface area (Å²) >= 11 is 1.89. The SMILES string of the molecule is C[C@H]1CC2C[C@@H]3C=C2C(c2cccc(N(c4ccc(-c5ccccc5-n5c6ccccc6c6ccccc65)cc4)c4ccc5c(c4)sc4ccccc45)c2)(C1)C3. The molecule has 12 rings (SSSR count). The molecular weight excluding hydrogens is 697 g/mol. The molecule has 2 unspecified atom stereocenters. The maximum Gasteiger partial charge on any atom is 0.0541 e. The molecule has 0 saturated heterocycles. The van der Waals surface area contributed by atoms with Gasteiger partial charge in [0.15, 0.2) is 0 Å². The van der Waals surface area contributed by atoms with Crippen molar-refractivity contribution >= 4 is 70.4 Å². The smallest absolute Gasteiger partial charge is 0.0541 e. The highest BCUT2D eigenvalue weighted by Crippen LogP contribution is 2.63. The molecule has 2 heterocycles. The molecule has 2 nitrogen and oxygen atoms in total. The van der Waals surface area contributed by atoms with E-state index in [1.807, 2.05) is 11.3 Å². The molecule has 2 bridgehead atoms. The molecule has 4 atom stereocenters. The van der Waals surface area contributed by atoms with Crippen molar-refractivity contribution < 1.29 is 0 Å². The van der Waals surface area contributed by atoms with Crippen LogP contribution in [0.15, 0.2) is 175 Å². The normalized spacial score (nSPS) is 21.4. The fraction of sp³-hybridized carbons (Fsp3) is 0.170. The number of aromatic nitrogens is 1. The van der Waals surface area contributed by atoms with E-state index in [2.05, 4.69) is 186 Å². The van der Waals surface area contributed by atoms with Crippen LogP contribution in [0.4, 0.5) is 17.1 Å². The van der Waals surface area contributed by atoms with Crippen LogP contribution in [0.25, 0.3) is 58.8 Å². The van der Waals surface area contributed by atoms with Crippen LogP contribution < -0.4 is 4.90 Å². The third kappa shape index (κ3) is 4.80. The van der Waals surface area contributed by atoms with Gasteiger partial charge in [0.1, 0.15) is 0 Å². The van der Waals surface area contributed by atoms with E-state index in [0.29, 0.717) is 0 Å². The van der Waals surface area contributed by atoms with E-state index >= 15 is 0 Å². The number of hydrogen-bond donors (Lipinski definition) is 0. The van der Waals surface area contributed by atoms with E-state index < -0.39 is 0 Å². The Morgan fingerprint density at radius 2 is 1.25 bits per heavy atom. The molecule has 0 aliphatic heterocycles. The molecule has 1 fully saturated rings. The van der Waals surface area contributed by atoms with E-state index in [0.717, 1.165) is 17.8 Å². The average molecular weight is 739 g/mol. The third-order valence-corrected chi connectivity index (χ3v) is 14.6. The van der Waals surface area contributed by atoms with Crippen molar-refractivity contribution in [2.45, 2.75) is 38.0 Å². The lowest BCUT2D eigenvalue weighted by molar-refractivity contribution is 0.188. The van der Waals surface area contributed by atoms with Crippen LogP contribution in [-0.2, 0) is 5.41 Å². The summed E-state index contributed by atoms with van der Waals surface area (Å²) < 4.78 is 5.10. The minimum absolute atomic E-state index is 0.183. The lowest BCUT2D eigenvalue weighted by atomic mass is 9.56. The largest absolute Gasteiger partial charge is 0.310 e. The van der Waals surface area contributed by atoms with Crippen molar-refractivity contribution in [1.29, 1.82) is 0 Å². The summed E-state index contributed by atoms with van der Waals surface area (Å²) in [4.78, 5) is 2.50. The van der Waals surface area contributed by atoms with E-state index in [1.54, 1.807) is 5.57 Å². The van der Waals surface area contributed by atoms with Gasteiger partial charge < -0.3 is 9.47 Å². The molecule has 3 aliphatic rings. The molecule has 0 amide bonds. The van der Waals surface area contributed by atoms with Crippen LogP contribution in [0.3, 0.4) is 0 Å². The van der Waals surface area contributed by atoms with Gasteiger partial charge in [0.05, 0.1) is 16.7 Å². The van der Waals surface area contributed by atoms with Crippen molar-refractivity contribution in [2.24, 2.45) is 17.8 Å². The first-order chi connectivity index (χ1) is 27.6. The van der Waals surface area contributed by atoms with Gasteiger partial charge in [-0.15, -0.1) is 11.3 Å². The Morgan fingerprint density at radius 1 is 0.571 bits per heavy atom. The number of allylic oxidation sites excluding steroid dienone is 2. The van der Waals surface area contributed by atoms with Crippen LogP contribution in [-0.4, -0.2) is 4.57 Å². The fourth-order valence-electron chi connectivity index (χ4n) is 11.3. The maximum absolute atomic E-state index is 2.67. The predicted octanol–water partition coefficient (Wildman–Crippen LogP) is 14.9. The average Bonchev–Trinajstić information content (AvgIpc) is 4.01. The van der Waals surface area contributed by atoms with Crippen LogP contribution in [0.2, 0.25) is 0 Å². The van der Waals surface area contributed by atoms with Crippen LogP contribution >= 0.6 is 11.3 Å². The second-order valence-electron chi connectivity index (χ2n) is 16.7. The fourth-order valence-corrected chi connectivity index (χ4v) is 12.5. The number of nitrogens with zero attached hydrogens (tertiary/aromatic N) is 2. The molecule has 3 heteroatoms. The highest BCUT2D eigenvalue weighted by molar-refractivity contribution is 7.25. The topological polar surface area (TPSA) is 8.17 Å². The maximum atomic E-state index is 2.67. The first-order valence-corrected chi connectivity index (χ1v) is 21.2. The summed E-state index contributed by atoms with van der Waals surface area (Å²) in [7, 11) is 0. The first-order valence-electron chi connectivity index (χ1n) is 20.3. The Hall–Kier alpha value is -5.90. The summed E-state index contributed by atoms with van der Waals surface area (Å²) in [5, 5.41) is 5.22. The van der Waals surface area contributed by atoms with Crippen molar-refractivity contribution in [3.8, 4) is 16.8 Å². The number of anilines is 3. The number of thiophene rings is 1. The molecule has 0 radical (unpaired) electrons. The van der Waals surface area contributed by atoms with Gasteiger partial charge in [-0.05, 0) is 115 Å². The second-order valence-corrected chi connectivity index (χ2v) is 17.8. The lowest BCUT2D eigenvalue weighted by Crippen LogP contribution is -2.40. The van der Waals surface area contributed by atoms with Gasteiger partial charge in [0.2, 0.25) is 0 Å². The molecular formula is C53H42N2S. The van der Waals surface area contributed by atoms with Crippen LogP contribution in [0.5, 0.6) is 0 Å². The predicted molar refractivity (Wildman–Crippen MR) is 238 cm³/mol. The van der Waals surface area contributed by atoms with Crippen molar-refractivity contribution in [1.82, 2.24) is 4.57 Å². The van der Waals surface area contributed by atoms with E-state index in [9.17, 15) is 0 Å². The van der Waals surface area contributed by atoms with E-state index in [4.69, 9.17) is 0 Å². The number of hydrogen-bond acceptors (Lipinski definition) is 2. The molecule has 0 spiro atoms. The molecule has 3 aliphatic carbocycles. The number of benzene rings is 7. The van der Waals surface area contributed by atoms with Gasteiger partial charge in [0.25, 0.3) is 0 Å². The Bertz CT molecular complexity index is 2980. The minimum Gasteiger partial charge on any atom is -0.310 e. The van der Waals surface area contributed by atoms with E-state index in [1.165, 1.54) is 107 Å². The quantitative estimate of drug-likeness (QED) is 0.154. The number of rotatable bonds is 6. The van der Waals surface area contributed by atoms with Gasteiger partial charge in [-0.3, -0.25) is 0 Å². The van der Waals surface area contributed by atoms with Gasteiger partial charge in [-0.2, -0.15) is 0 Å². The molecule has 2 aromatic heterocycles. The zero-order valence-corrected chi connectivity index (χ0v) is 32.3. The lowest BCUT2D eigenvalue weighted by Gasteiger charge is -2.47. The van der Waals surface area contributed by atoms with Crippen molar-refractivity contribution in [3.63, 3.8) is 0 Å². The highest BCUT2D eigenvalue weighted by atomic mass is 32.1. The third-order valence-electron chi connectivity index (χ3n) is 13.4. The van der Waals surface area contributed by atoms with Gasteiger partial charge >= 0.3 is 0 Å². The van der Waals surface area contributed by atoms with Crippen molar-refractivity contribution in [3.05, 3.63) is 181 Å². The Kier molecular flexibility index (Phi) is 7.11. The Labute approximate surface area is 332 Å². The van der Waals surface area contributed by atoms with E-state index in [-0.39, 0.29) is 5.41 Å². The summed E-state index contributed by atoms with van der Waals surface area (Å²) in [5.74, 6) is 2.27. The summed E-state index contributed by atoms with van der Waals surface area (Å²) in [6.45, 7) is 2.49. The summed E-state index contributed by atoms with van der Waals surface area (Å²) in [6, 6.07) is 61.2. The molecule has 0 N–H and O–H groups in total. The standard InChI is InChI=1S/C53H42N2S/c1-34-27-37-28-35-29-47(37)53(32-34,33-35)38-11-10-12-40(30-38)54(41-25-26-46-45-16-5-9-20-51(45)56-52(46)31-41)39-23-21-36(22-24-39)42-13-2-6-17-48(42)55-49-18-7-3-14-43(49)44-15-4-8-19-50(44)55/h2-26,29-31,34-35,37H,27-28,32-33H2,1H3/t34-,35+,37?,53?/m0/s1. The summed E-state index contributed by atoms with van der Waals surface area (Å²) in [5.41, 5.74) is 13.1. The molecule has 9 aromatic rings. The Morgan fingerprint density at radius 3 is 2.05 bits per heavy atom. The van der Waals surface area contributed by atoms with Crippen LogP contribution in [0.1, 0.15) is 38.2 Å². The first kappa shape index (κ1) is 32.4. The molecule has 1 saturated carbocycles. The van der Waals surface area contributed by atoms with Gasteiger partial charge in [-0.25, -0.2) is 0 Å². The minimum atomic E-state index is 0.183. The van der Waals surface area contributed by atoms with Crippen LogP contribution in [0, 0.1) is 17.8 Å². The molecule has 56 heavy (non-hydrogen) atoms.